The van der Waals surface area contributed by atoms with E-state index >= 15 is 0 Å². The summed E-state index contributed by atoms with van der Waals surface area (Å²) in [5.41, 5.74) is 2.55. The number of aryl methyl sites for hydroxylation is 1. The second-order valence-corrected chi connectivity index (χ2v) is 4.88. The summed E-state index contributed by atoms with van der Waals surface area (Å²) in [7, 11) is 1.44. The van der Waals surface area contributed by atoms with Crippen LogP contribution < -0.4 is 5.01 Å². The van der Waals surface area contributed by atoms with Crippen LogP contribution >= 0.6 is 0 Å². The standard InChI is InChI=1S/C14H13N3O3/c1-16-12(18)8-11(14(16)19)10-6-2-4-9-5-3-7-17(15-20)13(9)10/h2,4,6,8H,3,5,7H2,1H3. The van der Waals surface area contributed by atoms with Crippen LogP contribution in [0.25, 0.3) is 5.57 Å². The van der Waals surface area contributed by atoms with Gasteiger partial charge in [0.2, 0.25) is 0 Å². The Kier molecular flexibility index (Phi) is 2.85. The largest absolute Gasteiger partial charge is 0.278 e. The van der Waals surface area contributed by atoms with Gasteiger partial charge >= 0.3 is 0 Å². The monoisotopic (exact) mass is 271 g/mol. The number of nitroso groups, excluding NO2 is 1. The number of carbonyl (C=O) groups excluding carboxylic acids is 2. The van der Waals surface area contributed by atoms with Crippen molar-refractivity contribution >= 4 is 23.1 Å². The normalized spacial score (nSPS) is 18.1. The zero-order valence-electron chi connectivity index (χ0n) is 11.0. The fourth-order valence-electron chi connectivity index (χ4n) is 2.68. The van der Waals surface area contributed by atoms with Crippen molar-refractivity contribution in [2.45, 2.75) is 12.8 Å². The lowest BCUT2D eigenvalue weighted by Gasteiger charge is -2.26. The lowest BCUT2D eigenvalue weighted by atomic mass is 9.95. The van der Waals surface area contributed by atoms with E-state index in [4.69, 9.17) is 0 Å². The Morgan fingerprint density at radius 2 is 2.05 bits per heavy atom. The number of fused-ring (bicyclic) bond motifs is 1. The van der Waals surface area contributed by atoms with Gasteiger partial charge in [-0.15, -0.1) is 4.91 Å². The zero-order chi connectivity index (χ0) is 14.3. The Balaban J connectivity index is 2.17. The first-order chi connectivity index (χ1) is 9.63. The molecule has 1 aromatic carbocycles. The molecule has 0 atom stereocenters. The lowest BCUT2D eigenvalue weighted by Crippen LogP contribution is -2.27. The molecule has 2 aliphatic rings. The molecule has 2 aliphatic heterocycles. The van der Waals surface area contributed by atoms with E-state index in [-0.39, 0.29) is 11.8 Å². The van der Waals surface area contributed by atoms with Gasteiger partial charge in [0.05, 0.1) is 16.5 Å². The van der Waals surface area contributed by atoms with Crippen LogP contribution in [-0.2, 0) is 16.0 Å². The molecule has 2 amide bonds. The second-order valence-electron chi connectivity index (χ2n) is 4.88. The number of hydrogen-bond acceptors (Lipinski definition) is 4. The van der Waals surface area contributed by atoms with Crippen molar-refractivity contribution in [3.05, 3.63) is 40.3 Å². The maximum Gasteiger partial charge on any atom is 0.261 e. The molecule has 6 heteroatoms. The Bertz CT molecular complexity index is 651. The number of anilines is 1. The van der Waals surface area contributed by atoms with Gasteiger partial charge < -0.3 is 0 Å². The van der Waals surface area contributed by atoms with E-state index in [1.54, 1.807) is 6.07 Å². The first kappa shape index (κ1) is 12.5. The van der Waals surface area contributed by atoms with E-state index in [1.165, 1.54) is 18.1 Å². The zero-order valence-corrected chi connectivity index (χ0v) is 11.0. The summed E-state index contributed by atoms with van der Waals surface area (Å²) in [5.74, 6) is -0.691. The molecule has 0 aromatic heterocycles. The fraction of sp³-hybridized carbons (Fsp3) is 0.286. The van der Waals surface area contributed by atoms with Crippen molar-refractivity contribution in [2.24, 2.45) is 5.29 Å². The first-order valence-corrected chi connectivity index (χ1v) is 6.40. The summed E-state index contributed by atoms with van der Waals surface area (Å²) in [6, 6.07) is 5.50. The number of imide groups is 1. The molecule has 0 saturated heterocycles. The van der Waals surface area contributed by atoms with Gasteiger partial charge in [0.1, 0.15) is 0 Å². The average Bonchev–Trinajstić information content (AvgIpc) is 2.73. The highest BCUT2D eigenvalue weighted by molar-refractivity contribution is 6.34. The quantitative estimate of drug-likeness (QED) is 0.603. The Morgan fingerprint density at radius 1 is 1.25 bits per heavy atom. The second kappa shape index (κ2) is 4.56. The van der Waals surface area contributed by atoms with Gasteiger partial charge in [0, 0.05) is 25.2 Å². The third-order valence-electron chi connectivity index (χ3n) is 3.72. The van der Waals surface area contributed by atoms with Gasteiger partial charge in [0.25, 0.3) is 11.8 Å². The Hall–Kier alpha value is -2.50. The van der Waals surface area contributed by atoms with Crippen LogP contribution in [0.2, 0.25) is 0 Å². The lowest BCUT2D eigenvalue weighted by molar-refractivity contribution is -0.134. The van der Waals surface area contributed by atoms with E-state index < -0.39 is 0 Å². The molecule has 0 unspecified atom stereocenters. The molecule has 0 aliphatic carbocycles. The molecule has 0 radical (unpaired) electrons. The molecule has 3 rings (SSSR count). The van der Waals surface area contributed by atoms with E-state index in [9.17, 15) is 14.5 Å². The van der Waals surface area contributed by atoms with Crippen molar-refractivity contribution in [1.29, 1.82) is 0 Å². The summed E-state index contributed by atoms with van der Waals surface area (Å²) >= 11 is 0. The highest BCUT2D eigenvalue weighted by Gasteiger charge is 2.32. The number of amides is 2. The van der Waals surface area contributed by atoms with Crippen molar-refractivity contribution in [1.82, 2.24) is 4.90 Å². The minimum Gasteiger partial charge on any atom is -0.278 e. The molecule has 0 spiro atoms. The molecule has 20 heavy (non-hydrogen) atoms. The van der Waals surface area contributed by atoms with Crippen molar-refractivity contribution in [3.8, 4) is 0 Å². The predicted octanol–water partition coefficient (Wildman–Crippen LogP) is 1.50. The maximum atomic E-state index is 12.1. The van der Waals surface area contributed by atoms with Crippen LogP contribution in [0.5, 0.6) is 0 Å². The molecule has 0 saturated carbocycles. The summed E-state index contributed by atoms with van der Waals surface area (Å²) in [5, 5.41) is 4.40. The van der Waals surface area contributed by atoms with Gasteiger partial charge in [-0.2, -0.15) is 0 Å². The van der Waals surface area contributed by atoms with Crippen LogP contribution in [0.4, 0.5) is 5.69 Å². The van der Waals surface area contributed by atoms with Crippen molar-refractivity contribution in [2.75, 3.05) is 18.6 Å². The average molecular weight is 271 g/mol. The topological polar surface area (TPSA) is 70.1 Å². The fourth-order valence-corrected chi connectivity index (χ4v) is 2.68. The number of likely N-dealkylation sites (N-methyl/N-ethyl adjacent to an activating group) is 1. The van der Waals surface area contributed by atoms with Gasteiger partial charge in [-0.3, -0.25) is 14.5 Å². The number of carbonyl (C=O) groups is 2. The van der Waals surface area contributed by atoms with Crippen LogP contribution in [-0.4, -0.2) is 30.3 Å². The van der Waals surface area contributed by atoms with Crippen molar-refractivity contribution < 1.29 is 9.59 Å². The molecule has 6 nitrogen and oxygen atoms in total. The van der Waals surface area contributed by atoms with E-state index in [0.717, 1.165) is 23.3 Å². The molecule has 0 bridgehead atoms. The van der Waals surface area contributed by atoms with Crippen LogP contribution in [0.15, 0.2) is 29.6 Å². The van der Waals surface area contributed by atoms with Crippen LogP contribution in [0.1, 0.15) is 17.5 Å². The molecule has 1 aromatic rings. The number of hydrogen-bond donors (Lipinski definition) is 0. The summed E-state index contributed by atoms with van der Waals surface area (Å²) in [6.07, 6.45) is 2.99. The molecule has 0 N–H and O–H groups in total. The minimum absolute atomic E-state index is 0.324. The smallest absolute Gasteiger partial charge is 0.261 e. The summed E-state index contributed by atoms with van der Waals surface area (Å²) < 4.78 is 0. The Labute approximate surface area is 115 Å². The summed E-state index contributed by atoms with van der Waals surface area (Å²) in [4.78, 5) is 35.8. The van der Waals surface area contributed by atoms with Crippen LogP contribution in [0, 0.1) is 4.91 Å². The minimum atomic E-state index is -0.347. The van der Waals surface area contributed by atoms with E-state index in [0.29, 0.717) is 23.4 Å². The molecular formula is C14H13N3O3. The number of para-hydroxylation sites is 1. The van der Waals surface area contributed by atoms with E-state index in [1.807, 2.05) is 12.1 Å². The molecule has 0 fully saturated rings. The number of benzene rings is 1. The maximum absolute atomic E-state index is 12.1. The highest BCUT2D eigenvalue weighted by atomic mass is 16.3. The van der Waals surface area contributed by atoms with Crippen molar-refractivity contribution in [3.63, 3.8) is 0 Å². The highest BCUT2D eigenvalue weighted by Crippen LogP contribution is 2.37. The third-order valence-corrected chi connectivity index (χ3v) is 3.72. The molecule has 2 heterocycles. The van der Waals surface area contributed by atoms with Crippen LogP contribution in [0.3, 0.4) is 0 Å². The van der Waals surface area contributed by atoms with Gasteiger partial charge in [0.15, 0.2) is 0 Å². The molecule has 102 valence electrons. The predicted molar refractivity (Wildman–Crippen MR) is 73.7 cm³/mol. The SMILES string of the molecule is CN1C(=O)C=C(c2cccc3c2N(N=O)CCC3)C1=O. The van der Waals surface area contributed by atoms with Gasteiger partial charge in [-0.1, -0.05) is 18.2 Å². The first-order valence-electron chi connectivity index (χ1n) is 6.40. The van der Waals surface area contributed by atoms with E-state index in [2.05, 4.69) is 5.29 Å². The van der Waals surface area contributed by atoms with Gasteiger partial charge in [-0.25, -0.2) is 5.01 Å². The third kappa shape index (κ3) is 1.72. The van der Waals surface area contributed by atoms with Gasteiger partial charge in [-0.05, 0) is 18.4 Å². The Morgan fingerprint density at radius 3 is 2.70 bits per heavy atom. The number of nitrogens with zero attached hydrogens (tertiary/aromatic N) is 3. The molecular weight excluding hydrogens is 258 g/mol. The number of rotatable bonds is 2. The summed E-state index contributed by atoms with van der Waals surface area (Å²) in [6.45, 7) is 0.527.